The number of rotatable bonds is 44. The SMILES string of the molecule is CC/C=C\C/C=C\C/C=C\CCCCCCCCCC(=O)OC(COC(=O)CCCCCCCCCCCCCCCCCCCCCCC)COC1OC(CO)C(O)C(O)C1O. The lowest BCUT2D eigenvalue weighted by Gasteiger charge is -2.39. The summed E-state index contributed by atoms with van der Waals surface area (Å²) >= 11 is 0. The Labute approximate surface area is 385 Å². The van der Waals surface area contributed by atoms with Crippen LogP contribution in [-0.4, -0.2) is 89.0 Å². The number of carbonyl (C=O) groups excluding carboxylic acids is 2. The first-order valence-corrected chi connectivity index (χ1v) is 26.1. The highest BCUT2D eigenvalue weighted by Crippen LogP contribution is 2.23. The van der Waals surface area contributed by atoms with E-state index in [0.29, 0.717) is 6.42 Å². The lowest BCUT2D eigenvalue weighted by molar-refractivity contribution is -0.305. The van der Waals surface area contributed by atoms with Crippen molar-refractivity contribution >= 4 is 11.9 Å². The zero-order chi connectivity index (χ0) is 45.9. The molecule has 368 valence electrons. The van der Waals surface area contributed by atoms with Crippen LogP contribution in [0.3, 0.4) is 0 Å². The van der Waals surface area contributed by atoms with Gasteiger partial charge in [0.25, 0.3) is 0 Å². The van der Waals surface area contributed by atoms with Crippen LogP contribution in [0.15, 0.2) is 36.5 Å². The molecular weight excluding hydrogens is 797 g/mol. The van der Waals surface area contributed by atoms with Gasteiger partial charge in [-0.25, -0.2) is 0 Å². The van der Waals surface area contributed by atoms with E-state index in [2.05, 4.69) is 50.3 Å². The summed E-state index contributed by atoms with van der Waals surface area (Å²) in [4.78, 5) is 25.5. The fourth-order valence-corrected chi connectivity index (χ4v) is 7.97. The first-order valence-electron chi connectivity index (χ1n) is 26.1. The summed E-state index contributed by atoms with van der Waals surface area (Å²) in [7, 11) is 0. The summed E-state index contributed by atoms with van der Waals surface area (Å²) < 4.78 is 22.2. The monoisotopic (exact) mass is 893 g/mol. The van der Waals surface area contributed by atoms with E-state index in [1.165, 1.54) is 135 Å². The molecule has 6 atom stereocenters. The fourth-order valence-electron chi connectivity index (χ4n) is 7.97. The maximum absolute atomic E-state index is 12.8. The quantitative estimate of drug-likeness (QED) is 0.0264. The highest BCUT2D eigenvalue weighted by atomic mass is 16.7. The largest absolute Gasteiger partial charge is 0.462 e. The molecule has 4 N–H and O–H groups in total. The molecule has 0 amide bonds. The Hall–Kier alpha value is -2.08. The summed E-state index contributed by atoms with van der Waals surface area (Å²) in [5.74, 6) is -0.808. The number of allylic oxidation sites excluding steroid dienone is 6. The van der Waals surface area contributed by atoms with Gasteiger partial charge in [0, 0.05) is 12.8 Å². The molecule has 1 rings (SSSR count). The van der Waals surface area contributed by atoms with Crippen LogP contribution in [0.5, 0.6) is 0 Å². The highest BCUT2D eigenvalue weighted by molar-refractivity contribution is 5.70. The number of hydrogen-bond donors (Lipinski definition) is 4. The molecule has 1 fully saturated rings. The van der Waals surface area contributed by atoms with Crippen molar-refractivity contribution in [2.45, 2.75) is 269 Å². The van der Waals surface area contributed by atoms with E-state index < -0.39 is 49.4 Å². The number of unbranched alkanes of at least 4 members (excludes halogenated alkanes) is 27. The van der Waals surface area contributed by atoms with Crippen molar-refractivity contribution in [1.29, 1.82) is 0 Å². The van der Waals surface area contributed by atoms with Gasteiger partial charge in [-0.1, -0.05) is 211 Å². The van der Waals surface area contributed by atoms with E-state index in [4.69, 9.17) is 18.9 Å². The molecule has 0 aromatic heterocycles. The van der Waals surface area contributed by atoms with Crippen molar-refractivity contribution in [1.82, 2.24) is 0 Å². The van der Waals surface area contributed by atoms with Crippen molar-refractivity contribution in [3.63, 3.8) is 0 Å². The molecule has 0 aromatic carbocycles. The van der Waals surface area contributed by atoms with Crippen molar-refractivity contribution in [2.75, 3.05) is 19.8 Å². The van der Waals surface area contributed by atoms with Crippen LogP contribution in [0.1, 0.15) is 232 Å². The molecule has 0 spiro atoms. The third-order valence-corrected chi connectivity index (χ3v) is 12.0. The predicted octanol–water partition coefficient (Wildman–Crippen LogP) is 12.2. The number of aliphatic hydroxyl groups excluding tert-OH is 4. The summed E-state index contributed by atoms with van der Waals surface area (Å²) in [6, 6.07) is 0. The molecule has 1 aliphatic heterocycles. The number of esters is 2. The molecule has 10 nitrogen and oxygen atoms in total. The minimum absolute atomic E-state index is 0.218. The first-order chi connectivity index (χ1) is 30.8. The maximum atomic E-state index is 12.8. The van der Waals surface area contributed by atoms with E-state index >= 15 is 0 Å². The van der Waals surface area contributed by atoms with Gasteiger partial charge < -0.3 is 39.4 Å². The van der Waals surface area contributed by atoms with Crippen LogP contribution >= 0.6 is 0 Å². The first kappa shape index (κ1) is 58.9. The Kier molecular flexibility index (Phi) is 41.0. The lowest BCUT2D eigenvalue weighted by atomic mass is 9.99. The van der Waals surface area contributed by atoms with Gasteiger partial charge in [0.05, 0.1) is 13.2 Å². The fraction of sp³-hybridized carbons (Fsp3) is 0.849. The number of carbonyl (C=O) groups is 2. The van der Waals surface area contributed by atoms with Gasteiger partial charge in [-0.2, -0.15) is 0 Å². The van der Waals surface area contributed by atoms with E-state index in [0.717, 1.165) is 64.2 Å². The molecule has 0 bridgehead atoms. The zero-order valence-electron chi connectivity index (χ0n) is 40.3. The number of ether oxygens (including phenoxy) is 4. The average Bonchev–Trinajstić information content (AvgIpc) is 3.28. The lowest BCUT2D eigenvalue weighted by Crippen LogP contribution is -2.59. The second-order valence-corrected chi connectivity index (χ2v) is 18.0. The third kappa shape index (κ3) is 34.9. The van der Waals surface area contributed by atoms with Crippen LogP contribution in [0, 0.1) is 0 Å². The second kappa shape index (κ2) is 43.8. The van der Waals surface area contributed by atoms with Crippen molar-refractivity contribution < 1.29 is 49.0 Å². The van der Waals surface area contributed by atoms with Crippen LogP contribution in [0.25, 0.3) is 0 Å². The van der Waals surface area contributed by atoms with E-state index in [-0.39, 0.29) is 32.0 Å². The average molecular weight is 893 g/mol. The molecule has 1 saturated heterocycles. The minimum atomic E-state index is -1.60. The molecular formula is C53H96O10. The topological polar surface area (TPSA) is 152 Å². The molecule has 0 radical (unpaired) electrons. The maximum Gasteiger partial charge on any atom is 0.306 e. The highest BCUT2D eigenvalue weighted by Gasteiger charge is 2.44. The summed E-state index contributed by atoms with van der Waals surface area (Å²) in [6.45, 7) is 3.34. The van der Waals surface area contributed by atoms with Gasteiger partial charge in [-0.15, -0.1) is 0 Å². The Morgan fingerprint density at radius 2 is 0.937 bits per heavy atom. The Morgan fingerprint density at radius 3 is 1.41 bits per heavy atom. The molecule has 0 aliphatic carbocycles. The molecule has 10 heteroatoms. The Balaban J connectivity index is 2.24. The molecule has 1 heterocycles. The Morgan fingerprint density at radius 1 is 0.508 bits per heavy atom. The van der Waals surface area contributed by atoms with E-state index in [1.54, 1.807) is 0 Å². The molecule has 0 aromatic rings. The zero-order valence-corrected chi connectivity index (χ0v) is 40.3. The van der Waals surface area contributed by atoms with Gasteiger partial charge in [0.15, 0.2) is 12.4 Å². The van der Waals surface area contributed by atoms with Crippen molar-refractivity contribution in [3.05, 3.63) is 36.5 Å². The summed E-state index contributed by atoms with van der Waals surface area (Å²) in [5, 5.41) is 40.2. The van der Waals surface area contributed by atoms with Crippen LogP contribution in [0.2, 0.25) is 0 Å². The second-order valence-electron chi connectivity index (χ2n) is 18.0. The Bertz CT molecular complexity index is 1120. The van der Waals surface area contributed by atoms with Gasteiger partial charge >= 0.3 is 11.9 Å². The van der Waals surface area contributed by atoms with Crippen LogP contribution in [-0.2, 0) is 28.5 Å². The van der Waals surface area contributed by atoms with Gasteiger partial charge in [0.1, 0.15) is 31.0 Å². The smallest absolute Gasteiger partial charge is 0.306 e. The minimum Gasteiger partial charge on any atom is -0.462 e. The predicted molar refractivity (Wildman–Crippen MR) is 256 cm³/mol. The van der Waals surface area contributed by atoms with Crippen LogP contribution < -0.4 is 0 Å². The van der Waals surface area contributed by atoms with Crippen molar-refractivity contribution in [3.8, 4) is 0 Å². The van der Waals surface area contributed by atoms with Gasteiger partial charge in [-0.05, 0) is 44.9 Å². The molecule has 63 heavy (non-hydrogen) atoms. The number of aliphatic hydroxyl groups is 4. The molecule has 1 aliphatic rings. The van der Waals surface area contributed by atoms with Gasteiger partial charge in [-0.3, -0.25) is 9.59 Å². The number of hydrogen-bond acceptors (Lipinski definition) is 10. The van der Waals surface area contributed by atoms with Gasteiger partial charge in [0.2, 0.25) is 0 Å². The molecule has 0 saturated carbocycles. The third-order valence-electron chi connectivity index (χ3n) is 12.0. The van der Waals surface area contributed by atoms with E-state index in [1.807, 2.05) is 0 Å². The summed E-state index contributed by atoms with van der Waals surface area (Å²) in [5.41, 5.74) is 0. The summed E-state index contributed by atoms with van der Waals surface area (Å²) in [6.07, 6.45) is 44.4. The standard InChI is InChI=1S/C53H96O10/c1-3-5-7-9-11-13-15-17-19-21-22-23-24-26-27-29-31-33-35-37-39-41-48(55)60-44-46(45-61-53-52(59)51(58)50(57)47(43-54)63-53)62-49(56)42-40-38-36-34-32-30-28-25-20-18-16-14-12-10-8-6-4-2/h6,8,12,14,18,20,46-47,50-54,57-59H,3-5,7,9-11,13,15-17,19,21-45H2,1-2H3/b8-6-,14-12-,20-18-. The van der Waals surface area contributed by atoms with Crippen LogP contribution in [0.4, 0.5) is 0 Å². The van der Waals surface area contributed by atoms with E-state index in [9.17, 15) is 30.0 Å². The molecule has 6 unspecified atom stereocenters. The van der Waals surface area contributed by atoms with Crippen molar-refractivity contribution in [2.24, 2.45) is 0 Å². The normalized spacial score (nSPS) is 19.7.